The van der Waals surface area contributed by atoms with E-state index < -0.39 is 12.2 Å². The monoisotopic (exact) mass is 210 g/mol. The third-order valence-electron chi connectivity index (χ3n) is 1.77. The normalized spacial score (nSPS) is 9.40. The lowest BCUT2D eigenvalue weighted by atomic mass is 10.2. The van der Waals surface area contributed by atoms with Gasteiger partial charge in [-0.1, -0.05) is 6.07 Å². The highest BCUT2D eigenvalue weighted by atomic mass is 16.4. The molecular weight excluding hydrogens is 200 g/mol. The Kier molecular flexibility index (Phi) is 3.12. The fraction of sp³-hybridized carbons (Fsp3) is 0.111. The Morgan fingerprint density at radius 1 is 1.33 bits per heavy atom. The summed E-state index contributed by atoms with van der Waals surface area (Å²) in [6.45, 7) is 0. The third kappa shape index (κ3) is 2.87. The lowest BCUT2D eigenvalue weighted by Gasteiger charge is -2.13. The zero-order chi connectivity index (χ0) is 11.4. The van der Waals surface area contributed by atoms with Crippen molar-refractivity contribution in [2.45, 2.75) is 0 Å². The number of nitrogens with one attached hydrogen (secondary N) is 1. The van der Waals surface area contributed by atoms with E-state index in [-0.39, 0.29) is 0 Å². The molecule has 0 atom stereocenters. The van der Waals surface area contributed by atoms with E-state index >= 15 is 0 Å². The molecule has 0 aromatic heterocycles. The topological polar surface area (TPSA) is 89.9 Å². The molecule has 80 valence electrons. The minimum atomic E-state index is -1.19. The van der Waals surface area contributed by atoms with E-state index in [1.807, 2.05) is 0 Å². The second kappa shape index (κ2) is 4.32. The highest BCUT2D eigenvalue weighted by molar-refractivity contribution is 5.88. The molecule has 0 bridgehead atoms. The van der Waals surface area contributed by atoms with E-state index in [1.54, 1.807) is 12.1 Å². The maximum absolute atomic E-state index is 10.6. The second-order valence-electron chi connectivity index (χ2n) is 2.82. The number of carboxylic acid groups (broad SMARTS) is 2. The van der Waals surface area contributed by atoms with Gasteiger partial charge in [-0.2, -0.15) is 0 Å². The number of hydrogen-bond donors (Lipinski definition) is 3. The van der Waals surface area contributed by atoms with Gasteiger partial charge in [-0.25, -0.2) is 9.59 Å². The second-order valence-corrected chi connectivity index (χ2v) is 2.82. The van der Waals surface area contributed by atoms with E-state index in [4.69, 9.17) is 10.2 Å². The van der Waals surface area contributed by atoms with Crippen LogP contribution in [-0.2, 0) is 0 Å². The number of benzene rings is 1. The van der Waals surface area contributed by atoms with E-state index in [1.165, 1.54) is 19.2 Å². The summed E-state index contributed by atoms with van der Waals surface area (Å²) in [5, 5.41) is 19.3. The Labute approximate surface area is 85.7 Å². The molecule has 6 heteroatoms. The van der Waals surface area contributed by atoms with Gasteiger partial charge in [-0.05, 0) is 18.2 Å². The average Bonchev–Trinajstić information content (AvgIpc) is 2.16. The summed E-state index contributed by atoms with van der Waals surface area (Å²) in [5.74, 6) is 0. The Hall–Kier alpha value is -2.24. The molecule has 0 aliphatic carbocycles. The number of anilines is 2. The molecule has 0 unspecified atom stereocenters. The van der Waals surface area contributed by atoms with Crippen LogP contribution in [0.2, 0.25) is 0 Å². The number of carbonyl (C=O) groups is 2. The molecule has 15 heavy (non-hydrogen) atoms. The van der Waals surface area contributed by atoms with Crippen molar-refractivity contribution in [2.75, 3.05) is 17.3 Å². The minimum Gasteiger partial charge on any atom is -0.465 e. The first kappa shape index (κ1) is 10.8. The first-order valence-electron chi connectivity index (χ1n) is 4.07. The maximum atomic E-state index is 10.6. The van der Waals surface area contributed by atoms with E-state index in [2.05, 4.69) is 5.32 Å². The summed E-state index contributed by atoms with van der Waals surface area (Å²) in [6, 6.07) is 6.11. The Balaban J connectivity index is 2.92. The Bertz CT molecular complexity index is 391. The molecule has 1 aromatic rings. The summed E-state index contributed by atoms with van der Waals surface area (Å²) < 4.78 is 0. The fourth-order valence-electron chi connectivity index (χ4n) is 1.03. The van der Waals surface area contributed by atoms with Crippen LogP contribution in [0.5, 0.6) is 0 Å². The first-order valence-corrected chi connectivity index (χ1v) is 4.07. The van der Waals surface area contributed by atoms with Gasteiger partial charge >= 0.3 is 12.2 Å². The molecule has 0 aliphatic heterocycles. The van der Waals surface area contributed by atoms with Gasteiger partial charge in [0.2, 0.25) is 0 Å². The molecule has 0 radical (unpaired) electrons. The standard InChI is InChI=1S/C9H10N2O4/c1-11(9(14)15)7-4-2-3-6(5-7)10-8(12)13/h2-5,10H,1H3,(H,12,13)(H,14,15). The Morgan fingerprint density at radius 3 is 2.53 bits per heavy atom. The number of nitrogens with zero attached hydrogens (tertiary/aromatic N) is 1. The smallest absolute Gasteiger partial charge is 0.411 e. The van der Waals surface area contributed by atoms with Crippen LogP contribution in [-0.4, -0.2) is 29.4 Å². The van der Waals surface area contributed by atoms with Gasteiger partial charge in [-0.3, -0.25) is 10.2 Å². The van der Waals surface area contributed by atoms with Crippen molar-refractivity contribution in [1.29, 1.82) is 0 Å². The molecule has 0 fully saturated rings. The van der Waals surface area contributed by atoms with E-state index in [0.29, 0.717) is 11.4 Å². The predicted octanol–water partition coefficient (Wildman–Crippen LogP) is 1.89. The third-order valence-corrected chi connectivity index (χ3v) is 1.77. The highest BCUT2D eigenvalue weighted by Crippen LogP contribution is 2.18. The van der Waals surface area contributed by atoms with Crippen molar-refractivity contribution in [1.82, 2.24) is 0 Å². The number of hydrogen-bond acceptors (Lipinski definition) is 2. The fourth-order valence-corrected chi connectivity index (χ4v) is 1.03. The van der Waals surface area contributed by atoms with Crippen LogP contribution < -0.4 is 10.2 Å². The molecule has 0 saturated carbocycles. The molecule has 0 aliphatic rings. The van der Waals surface area contributed by atoms with Gasteiger partial charge in [0, 0.05) is 18.4 Å². The zero-order valence-electron chi connectivity index (χ0n) is 7.97. The molecule has 3 N–H and O–H groups in total. The van der Waals surface area contributed by atoms with E-state index in [9.17, 15) is 9.59 Å². The number of rotatable bonds is 2. The van der Waals surface area contributed by atoms with Gasteiger partial charge in [-0.15, -0.1) is 0 Å². The van der Waals surface area contributed by atoms with Crippen molar-refractivity contribution in [3.63, 3.8) is 0 Å². The van der Waals surface area contributed by atoms with Gasteiger partial charge in [0.1, 0.15) is 0 Å². The number of amides is 2. The Morgan fingerprint density at radius 2 is 2.00 bits per heavy atom. The lowest BCUT2D eigenvalue weighted by Crippen LogP contribution is -2.23. The molecule has 2 amide bonds. The van der Waals surface area contributed by atoms with Gasteiger partial charge in [0.25, 0.3) is 0 Å². The maximum Gasteiger partial charge on any atom is 0.411 e. The average molecular weight is 210 g/mol. The van der Waals surface area contributed by atoms with Crippen LogP contribution in [0.3, 0.4) is 0 Å². The largest absolute Gasteiger partial charge is 0.465 e. The van der Waals surface area contributed by atoms with Gasteiger partial charge in [0.15, 0.2) is 0 Å². The molecule has 0 saturated heterocycles. The van der Waals surface area contributed by atoms with Gasteiger partial charge < -0.3 is 10.2 Å². The zero-order valence-corrected chi connectivity index (χ0v) is 7.97. The molecule has 6 nitrogen and oxygen atoms in total. The molecule has 1 aromatic carbocycles. The van der Waals surface area contributed by atoms with Crippen molar-refractivity contribution in [3.8, 4) is 0 Å². The molecule has 1 rings (SSSR count). The van der Waals surface area contributed by atoms with Crippen molar-refractivity contribution < 1.29 is 19.8 Å². The summed E-state index contributed by atoms with van der Waals surface area (Å²) in [4.78, 5) is 22.0. The summed E-state index contributed by atoms with van der Waals surface area (Å²) in [6.07, 6.45) is -2.30. The molecular formula is C9H10N2O4. The SMILES string of the molecule is CN(C(=O)O)c1cccc(NC(=O)O)c1. The van der Waals surface area contributed by atoms with Crippen LogP contribution in [0.4, 0.5) is 21.0 Å². The molecule has 0 heterocycles. The van der Waals surface area contributed by atoms with Crippen molar-refractivity contribution >= 4 is 23.6 Å². The van der Waals surface area contributed by atoms with Crippen LogP contribution in [0.1, 0.15) is 0 Å². The predicted molar refractivity (Wildman–Crippen MR) is 54.5 cm³/mol. The van der Waals surface area contributed by atoms with Crippen LogP contribution >= 0.6 is 0 Å². The molecule has 0 spiro atoms. The van der Waals surface area contributed by atoms with Crippen molar-refractivity contribution in [3.05, 3.63) is 24.3 Å². The van der Waals surface area contributed by atoms with Crippen LogP contribution in [0.15, 0.2) is 24.3 Å². The van der Waals surface area contributed by atoms with E-state index in [0.717, 1.165) is 4.90 Å². The van der Waals surface area contributed by atoms with Crippen molar-refractivity contribution in [2.24, 2.45) is 0 Å². The quantitative estimate of drug-likeness (QED) is 0.695. The van der Waals surface area contributed by atoms with Crippen LogP contribution in [0, 0.1) is 0 Å². The first-order chi connectivity index (χ1) is 7.00. The summed E-state index contributed by atoms with van der Waals surface area (Å²) in [5.41, 5.74) is 0.724. The lowest BCUT2D eigenvalue weighted by molar-refractivity contribution is 0.203. The highest BCUT2D eigenvalue weighted by Gasteiger charge is 2.08. The van der Waals surface area contributed by atoms with Gasteiger partial charge in [0.05, 0.1) is 0 Å². The summed E-state index contributed by atoms with van der Waals surface area (Å²) >= 11 is 0. The minimum absolute atomic E-state index is 0.327. The summed E-state index contributed by atoms with van der Waals surface area (Å²) in [7, 11) is 1.38. The van der Waals surface area contributed by atoms with Crippen LogP contribution in [0.25, 0.3) is 0 Å².